The molecule has 1 aliphatic rings. The van der Waals surface area contributed by atoms with Crippen LogP contribution in [-0.2, 0) is 6.42 Å². The summed E-state index contributed by atoms with van der Waals surface area (Å²) in [5.74, 6) is 0.907. The van der Waals surface area contributed by atoms with Gasteiger partial charge < -0.3 is 15.5 Å². The van der Waals surface area contributed by atoms with Crippen LogP contribution in [0.1, 0.15) is 32.8 Å². The van der Waals surface area contributed by atoms with Crippen molar-refractivity contribution in [3.8, 4) is 0 Å². The third-order valence-corrected chi connectivity index (χ3v) is 5.36. The zero-order valence-electron chi connectivity index (χ0n) is 17.4. The molecule has 1 fully saturated rings. The molecule has 2 atom stereocenters. The molecule has 0 aromatic heterocycles. The van der Waals surface area contributed by atoms with Crippen molar-refractivity contribution in [3.63, 3.8) is 0 Å². The molecule has 1 heterocycles. The Labute approximate surface area is 183 Å². The zero-order valence-corrected chi connectivity index (χ0v) is 19.8. The number of aliphatic imine (C=N–C) groups is 1. The van der Waals surface area contributed by atoms with Crippen molar-refractivity contribution in [1.82, 2.24) is 20.4 Å². The lowest BCUT2D eigenvalue weighted by molar-refractivity contribution is 0.107. The maximum absolute atomic E-state index is 4.39. The normalized spacial score (nSPS) is 18.4. The molecular weight excluding hydrogens is 449 g/mol. The lowest BCUT2D eigenvalue weighted by Crippen LogP contribution is -2.53. The van der Waals surface area contributed by atoms with Gasteiger partial charge in [-0.2, -0.15) is 0 Å². The molecule has 2 N–H and O–H groups in total. The topological polar surface area (TPSA) is 42.9 Å². The smallest absolute Gasteiger partial charge is 0.191 e. The summed E-state index contributed by atoms with van der Waals surface area (Å²) in [7, 11) is 1.85. The van der Waals surface area contributed by atoms with Gasteiger partial charge in [-0.05, 0) is 38.8 Å². The molecule has 154 valence electrons. The predicted octanol–water partition coefficient (Wildman–Crippen LogP) is 2.82. The number of piperazine rings is 1. The van der Waals surface area contributed by atoms with E-state index in [9.17, 15) is 0 Å². The first-order chi connectivity index (χ1) is 12.6. The van der Waals surface area contributed by atoms with Crippen LogP contribution in [0.15, 0.2) is 35.3 Å². The quantitative estimate of drug-likeness (QED) is 0.336. The Bertz CT molecular complexity index is 529. The highest BCUT2D eigenvalue weighted by Crippen LogP contribution is 2.06. The second-order valence-corrected chi connectivity index (χ2v) is 7.34. The Kier molecular flexibility index (Phi) is 11.9. The van der Waals surface area contributed by atoms with Crippen LogP contribution in [-0.4, -0.2) is 74.2 Å². The van der Waals surface area contributed by atoms with Crippen molar-refractivity contribution >= 4 is 29.9 Å². The van der Waals surface area contributed by atoms with Gasteiger partial charge in [0.25, 0.3) is 0 Å². The van der Waals surface area contributed by atoms with Gasteiger partial charge in [-0.25, -0.2) is 0 Å². The van der Waals surface area contributed by atoms with E-state index in [0.717, 1.165) is 45.0 Å². The van der Waals surface area contributed by atoms with Gasteiger partial charge in [-0.3, -0.25) is 9.89 Å². The van der Waals surface area contributed by atoms with Gasteiger partial charge in [-0.1, -0.05) is 37.3 Å². The van der Waals surface area contributed by atoms with E-state index in [2.05, 4.69) is 76.5 Å². The minimum absolute atomic E-state index is 0. The summed E-state index contributed by atoms with van der Waals surface area (Å²) in [6, 6.07) is 11.6. The molecule has 1 aromatic rings. The standard InChI is InChI=1S/C21H37N5.HI/c1-5-25-13-15-26(16-14-25)19(3)17-23-21(22-4)24-18(2)11-12-20-9-7-6-8-10-20;/h6-10,18-19H,5,11-17H2,1-4H3,(H2,22,23,24);1H. The van der Waals surface area contributed by atoms with Gasteiger partial charge in [-0.15, -0.1) is 24.0 Å². The largest absolute Gasteiger partial charge is 0.355 e. The van der Waals surface area contributed by atoms with Crippen LogP contribution >= 0.6 is 24.0 Å². The highest BCUT2D eigenvalue weighted by molar-refractivity contribution is 14.0. The van der Waals surface area contributed by atoms with Crippen LogP contribution in [0.25, 0.3) is 0 Å². The fraction of sp³-hybridized carbons (Fsp3) is 0.667. The van der Waals surface area contributed by atoms with Gasteiger partial charge in [0.1, 0.15) is 0 Å². The van der Waals surface area contributed by atoms with Gasteiger partial charge in [0, 0.05) is 51.9 Å². The number of halogens is 1. The van der Waals surface area contributed by atoms with E-state index in [1.165, 1.54) is 18.7 Å². The van der Waals surface area contributed by atoms with Crippen LogP contribution in [0.3, 0.4) is 0 Å². The van der Waals surface area contributed by atoms with E-state index < -0.39 is 0 Å². The van der Waals surface area contributed by atoms with Crippen molar-refractivity contribution < 1.29 is 0 Å². The van der Waals surface area contributed by atoms with Crippen molar-refractivity contribution in [2.24, 2.45) is 4.99 Å². The predicted molar refractivity (Wildman–Crippen MR) is 127 cm³/mol. The van der Waals surface area contributed by atoms with Crippen LogP contribution in [0, 0.1) is 0 Å². The molecule has 0 saturated carbocycles. The summed E-state index contributed by atoms with van der Waals surface area (Å²) < 4.78 is 0. The number of nitrogens with one attached hydrogen (secondary N) is 2. The molecule has 2 rings (SSSR count). The SMILES string of the molecule is CCN1CCN(C(C)CNC(=NC)NC(C)CCc2ccccc2)CC1.I. The highest BCUT2D eigenvalue weighted by atomic mass is 127. The van der Waals surface area contributed by atoms with Crippen molar-refractivity contribution in [2.45, 2.75) is 45.7 Å². The first-order valence-corrected chi connectivity index (χ1v) is 10.1. The Balaban J connectivity index is 0.00000364. The molecule has 0 aliphatic carbocycles. The van der Waals surface area contributed by atoms with E-state index in [1.807, 2.05) is 7.05 Å². The number of benzene rings is 1. The molecule has 2 unspecified atom stereocenters. The molecular formula is C21H38IN5. The molecule has 1 aromatic carbocycles. The Morgan fingerprint density at radius 2 is 1.78 bits per heavy atom. The molecule has 1 saturated heterocycles. The minimum atomic E-state index is 0. The monoisotopic (exact) mass is 487 g/mol. The van der Waals surface area contributed by atoms with Crippen LogP contribution in [0.4, 0.5) is 0 Å². The fourth-order valence-electron chi connectivity index (χ4n) is 3.42. The number of likely N-dealkylation sites (N-methyl/N-ethyl adjacent to an activating group) is 1. The van der Waals surface area contributed by atoms with Crippen molar-refractivity contribution in [1.29, 1.82) is 0 Å². The van der Waals surface area contributed by atoms with E-state index in [0.29, 0.717) is 12.1 Å². The lowest BCUT2D eigenvalue weighted by atomic mass is 10.1. The number of rotatable bonds is 8. The Hall–Kier alpha value is -0.860. The number of aryl methyl sites for hydroxylation is 1. The van der Waals surface area contributed by atoms with Gasteiger partial charge in [0.2, 0.25) is 0 Å². The zero-order chi connectivity index (χ0) is 18.8. The van der Waals surface area contributed by atoms with Gasteiger partial charge >= 0.3 is 0 Å². The van der Waals surface area contributed by atoms with Crippen molar-refractivity contribution in [2.75, 3.05) is 46.3 Å². The average Bonchev–Trinajstić information content (AvgIpc) is 2.70. The number of nitrogens with zero attached hydrogens (tertiary/aromatic N) is 3. The van der Waals surface area contributed by atoms with Gasteiger partial charge in [0.15, 0.2) is 5.96 Å². The fourth-order valence-corrected chi connectivity index (χ4v) is 3.42. The molecule has 0 amide bonds. The molecule has 6 heteroatoms. The summed E-state index contributed by atoms with van der Waals surface area (Å²) in [6.07, 6.45) is 2.18. The number of hydrogen-bond acceptors (Lipinski definition) is 3. The third-order valence-electron chi connectivity index (χ3n) is 5.36. The van der Waals surface area contributed by atoms with E-state index in [4.69, 9.17) is 0 Å². The first kappa shape index (κ1) is 24.2. The van der Waals surface area contributed by atoms with Crippen LogP contribution < -0.4 is 10.6 Å². The molecule has 0 spiro atoms. The van der Waals surface area contributed by atoms with E-state index in [1.54, 1.807) is 0 Å². The van der Waals surface area contributed by atoms with E-state index >= 15 is 0 Å². The summed E-state index contributed by atoms with van der Waals surface area (Å²) in [4.78, 5) is 9.49. The first-order valence-electron chi connectivity index (χ1n) is 10.1. The van der Waals surface area contributed by atoms with Gasteiger partial charge in [0.05, 0.1) is 0 Å². The second kappa shape index (κ2) is 13.3. The summed E-state index contributed by atoms with van der Waals surface area (Å²) in [5.41, 5.74) is 1.39. The lowest BCUT2D eigenvalue weighted by Gasteiger charge is -2.37. The molecule has 5 nitrogen and oxygen atoms in total. The number of guanidine groups is 1. The summed E-state index contributed by atoms with van der Waals surface area (Å²) in [5, 5.41) is 7.03. The Morgan fingerprint density at radius 3 is 2.37 bits per heavy atom. The maximum atomic E-state index is 4.39. The minimum Gasteiger partial charge on any atom is -0.355 e. The Morgan fingerprint density at radius 1 is 1.11 bits per heavy atom. The highest BCUT2D eigenvalue weighted by Gasteiger charge is 2.20. The van der Waals surface area contributed by atoms with Crippen molar-refractivity contribution in [3.05, 3.63) is 35.9 Å². The molecule has 0 radical (unpaired) electrons. The number of hydrogen-bond donors (Lipinski definition) is 2. The molecule has 1 aliphatic heterocycles. The van der Waals surface area contributed by atoms with Crippen LogP contribution in [0.5, 0.6) is 0 Å². The van der Waals surface area contributed by atoms with E-state index in [-0.39, 0.29) is 24.0 Å². The average molecular weight is 487 g/mol. The third kappa shape index (κ3) is 8.79. The summed E-state index contributed by atoms with van der Waals surface area (Å²) in [6.45, 7) is 13.6. The molecule has 0 bridgehead atoms. The molecule has 27 heavy (non-hydrogen) atoms. The summed E-state index contributed by atoms with van der Waals surface area (Å²) >= 11 is 0. The second-order valence-electron chi connectivity index (χ2n) is 7.34. The van der Waals surface area contributed by atoms with Crippen LogP contribution in [0.2, 0.25) is 0 Å². The maximum Gasteiger partial charge on any atom is 0.191 e.